The van der Waals surface area contributed by atoms with Crippen LogP contribution in [0.25, 0.3) is 0 Å². The Hall–Kier alpha value is -1.68. The van der Waals surface area contributed by atoms with E-state index in [9.17, 15) is 0 Å². The Labute approximate surface area is 114 Å². The second kappa shape index (κ2) is 7.04. The molecule has 0 atom stereocenters. The minimum atomic E-state index is 0.469. The van der Waals surface area contributed by atoms with Crippen LogP contribution in [0, 0.1) is 0 Å². The van der Waals surface area contributed by atoms with E-state index in [1.54, 1.807) is 0 Å². The molecule has 0 spiro atoms. The number of benzene rings is 1. The molecule has 0 radical (unpaired) electrons. The van der Waals surface area contributed by atoms with Gasteiger partial charge < -0.3 is 5.73 Å². The van der Waals surface area contributed by atoms with Gasteiger partial charge in [0.15, 0.2) is 0 Å². The van der Waals surface area contributed by atoms with E-state index in [1.165, 1.54) is 11.3 Å². The van der Waals surface area contributed by atoms with E-state index in [1.807, 2.05) is 10.7 Å². The van der Waals surface area contributed by atoms with Gasteiger partial charge in [0.05, 0.1) is 11.4 Å². The Morgan fingerprint density at radius 3 is 2.63 bits per heavy atom. The smallest absolute Gasteiger partial charge is 0.0994 e. The number of hydrogen-bond acceptors (Lipinski definition) is 3. The third-order valence-electron chi connectivity index (χ3n) is 3.33. The van der Waals surface area contributed by atoms with Gasteiger partial charge in [-0.1, -0.05) is 48.9 Å². The van der Waals surface area contributed by atoms with Gasteiger partial charge >= 0.3 is 0 Å². The number of unbranched alkanes of at least 4 members (excludes halogenated alkanes) is 1. The molecule has 1 aromatic heterocycles. The fourth-order valence-corrected chi connectivity index (χ4v) is 2.20. The van der Waals surface area contributed by atoms with E-state index in [0.29, 0.717) is 6.54 Å². The molecule has 1 heterocycles. The van der Waals surface area contributed by atoms with Crippen molar-refractivity contribution in [2.24, 2.45) is 5.73 Å². The molecule has 4 nitrogen and oxygen atoms in total. The number of nitrogens with two attached hydrogens (primary N) is 1. The molecule has 0 aliphatic heterocycles. The molecule has 0 bridgehead atoms. The van der Waals surface area contributed by atoms with Gasteiger partial charge in [0.2, 0.25) is 0 Å². The summed E-state index contributed by atoms with van der Waals surface area (Å²) in [5.41, 5.74) is 9.22. The normalized spacial score (nSPS) is 10.8. The molecule has 0 saturated heterocycles. The van der Waals surface area contributed by atoms with Crippen LogP contribution in [0.3, 0.4) is 0 Å². The summed E-state index contributed by atoms with van der Waals surface area (Å²) in [6, 6.07) is 10.5. The van der Waals surface area contributed by atoms with Gasteiger partial charge in [-0.2, -0.15) is 0 Å². The highest BCUT2D eigenvalue weighted by Crippen LogP contribution is 2.11. The number of hydrogen-bond donors (Lipinski definition) is 1. The summed E-state index contributed by atoms with van der Waals surface area (Å²) in [7, 11) is 0. The summed E-state index contributed by atoms with van der Waals surface area (Å²) >= 11 is 0. The van der Waals surface area contributed by atoms with Crippen molar-refractivity contribution >= 4 is 0 Å². The molecule has 4 heteroatoms. The maximum atomic E-state index is 5.75. The zero-order valence-corrected chi connectivity index (χ0v) is 11.5. The van der Waals surface area contributed by atoms with Crippen LogP contribution in [0.15, 0.2) is 30.3 Å². The molecule has 0 saturated carbocycles. The summed E-state index contributed by atoms with van der Waals surface area (Å²) in [5, 5.41) is 8.41. The third-order valence-corrected chi connectivity index (χ3v) is 3.33. The highest BCUT2D eigenvalue weighted by atomic mass is 15.4. The summed E-state index contributed by atoms with van der Waals surface area (Å²) in [5.74, 6) is 0. The Kier molecular flexibility index (Phi) is 5.10. The molecular weight excluding hydrogens is 236 g/mol. The van der Waals surface area contributed by atoms with Gasteiger partial charge in [-0.05, 0) is 24.8 Å². The SMILES string of the molecule is CCCCn1nnc(CN)c1CCc1ccccc1. The molecule has 0 unspecified atom stereocenters. The van der Waals surface area contributed by atoms with Crippen molar-refractivity contribution in [2.45, 2.75) is 45.7 Å². The van der Waals surface area contributed by atoms with E-state index < -0.39 is 0 Å². The van der Waals surface area contributed by atoms with E-state index in [4.69, 9.17) is 5.73 Å². The van der Waals surface area contributed by atoms with E-state index in [-0.39, 0.29) is 0 Å². The van der Waals surface area contributed by atoms with Crippen molar-refractivity contribution in [2.75, 3.05) is 0 Å². The first-order valence-corrected chi connectivity index (χ1v) is 7.00. The summed E-state index contributed by atoms with van der Waals surface area (Å²) in [4.78, 5) is 0. The standard InChI is InChI=1S/C15H22N4/c1-2-3-11-19-15(14(12-16)17-18-19)10-9-13-7-5-4-6-8-13/h4-8H,2-3,9-12,16H2,1H3. The average Bonchev–Trinajstić information content (AvgIpc) is 2.86. The molecule has 19 heavy (non-hydrogen) atoms. The number of nitrogens with zero attached hydrogens (tertiary/aromatic N) is 3. The maximum absolute atomic E-state index is 5.75. The van der Waals surface area contributed by atoms with E-state index in [2.05, 4.69) is 41.5 Å². The quantitative estimate of drug-likeness (QED) is 0.829. The molecule has 2 N–H and O–H groups in total. The molecule has 102 valence electrons. The van der Waals surface area contributed by atoms with Crippen LogP contribution in [0.1, 0.15) is 36.7 Å². The molecular formula is C15H22N4. The van der Waals surface area contributed by atoms with Crippen LogP contribution >= 0.6 is 0 Å². The maximum Gasteiger partial charge on any atom is 0.0994 e. The lowest BCUT2D eigenvalue weighted by atomic mass is 10.1. The Balaban J connectivity index is 2.07. The lowest BCUT2D eigenvalue weighted by Crippen LogP contribution is -2.09. The second-order valence-electron chi connectivity index (χ2n) is 4.75. The van der Waals surface area contributed by atoms with Crippen molar-refractivity contribution in [3.63, 3.8) is 0 Å². The first-order valence-electron chi connectivity index (χ1n) is 7.00. The van der Waals surface area contributed by atoms with E-state index >= 15 is 0 Å². The first kappa shape index (κ1) is 13.7. The van der Waals surface area contributed by atoms with Gasteiger partial charge in [-0.25, -0.2) is 4.68 Å². The monoisotopic (exact) mass is 258 g/mol. The zero-order valence-electron chi connectivity index (χ0n) is 11.5. The van der Waals surface area contributed by atoms with Crippen molar-refractivity contribution in [3.05, 3.63) is 47.3 Å². The Bertz CT molecular complexity index is 490. The number of rotatable bonds is 7. The van der Waals surface area contributed by atoms with Gasteiger partial charge in [0.25, 0.3) is 0 Å². The topological polar surface area (TPSA) is 56.7 Å². The summed E-state index contributed by atoms with van der Waals surface area (Å²) in [6.45, 7) is 3.59. The van der Waals surface area contributed by atoms with Crippen LogP contribution in [0.2, 0.25) is 0 Å². The second-order valence-corrected chi connectivity index (χ2v) is 4.75. The summed E-state index contributed by atoms with van der Waals surface area (Å²) < 4.78 is 2.02. The van der Waals surface area contributed by atoms with Gasteiger partial charge in [0, 0.05) is 13.1 Å². The Morgan fingerprint density at radius 1 is 1.16 bits per heavy atom. The Morgan fingerprint density at radius 2 is 1.95 bits per heavy atom. The molecule has 2 aromatic rings. The molecule has 0 amide bonds. The summed E-state index contributed by atoms with van der Waals surface area (Å²) in [6.07, 6.45) is 4.25. The lowest BCUT2D eigenvalue weighted by molar-refractivity contribution is 0.531. The number of aryl methyl sites for hydroxylation is 2. The van der Waals surface area contributed by atoms with E-state index in [0.717, 1.165) is 37.9 Å². The van der Waals surface area contributed by atoms with Crippen molar-refractivity contribution < 1.29 is 0 Å². The molecule has 2 rings (SSSR count). The minimum absolute atomic E-state index is 0.469. The first-order chi connectivity index (χ1) is 9.35. The van der Waals surface area contributed by atoms with Gasteiger partial charge in [0.1, 0.15) is 0 Å². The van der Waals surface area contributed by atoms with Crippen LogP contribution in [0.5, 0.6) is 0 Å². The van der Waals surface area contributed by atoms with Crippen LogP contribution in [0.4, 0.5) is 0 Å². The largest absolute Gasteiger partial charge is 0.325 e. The lowest BCUT2D eigenvalue weighted by Gasteiger charge is -2.07. The van der Waals surface area contributed by atoms with Crippen LogP contribution < -0.4 is 5.73 Å². The average molecular weight is 258 g/mol. The van der Waals surface area contributed by atoms with Gasteiger partial charge in [-0.15, -0.1) is 5.10 Å². The molecule has 0 fully saturated rings. The van der Waals surface area contributed by atoms with Crippen molar-refractivity contribution in [1.82, 2.24) is 15.0 Å². The predicted molar refractivity (Wildman–Crippen MR) is 76.7 cm³/mol. The fraction of sp³-hybridized carbons (Fsp3) is 0.467. The predicted octanol–water partition coefficient (Wildman–Crippen LogP) is 2.32. The molecule has 1 aromatic carbocycles. The van der Waals surface area contributed by atoms with Crippen molar-refractivity contribution in [1.29, 1.82) is 0 Å². The number of aromatic nitrogens is 3. The van der Waals surface area contributed by atoms with Crippen LogP contribution in [-0.4, -0.2) is 15.0 Å². The minimum Gasteiger partial charge on any atom is -0.325 e. The van der Waals surface area contributed by atoms with Crippen LogP contribution in [-0.2, 0) is 25.9 Å². The highest BCUT2D eigenvalue weighted by Gasteiger charge is 2.11. The highest BCUT2D eigenvalue weighted by molar-refractivity contribution is 5.18. The fourth-order valence-electron chi connectivity index (χ4n) is 2.20. The molecule has 0 aliphatic rings. The van der Waals surface area contributed by atoms with Crippen molar-refractivity contribution in [3.8, 4) is 0 Å². The third kappa shape index (κ3) is 3.64. The molecule has 0 aliphatic carbocycles. The van der Waals surface area contributed by atoms with Gasteiger partial charge in [-0.3, -0.25) is 0 Å². The zero-order chi connectivity index (χ0) is 13.5.